The molecule has 0 unspecified atom stereocenters. The number of hydrogen-bond donors (Lipinski definition) is 2. The summed E-state index contributed by atoms with van der Waals surface area (Å²) in [5.74, 6) is 1.02. The van der Waals surface area contributed by atoms with Gasteiger partial charge in [0.2, 0.25) is 0 Å². The molecule has 0 aliphatic heterocycles. The molecule has 3 heteroatoms. The van der Waals surface area contributed by atoms with Crippen LogP contribution in [0.4, 0.5) is 0 Å². The molecule has 0 radical (unpaired) electrons. The summed E-state index contributed by atoms with van der Waals surface area (Å²) in [6, 6.07) is 13.8. The van der Waals surface area contributed by atoms with Crippen molar-refractivity contribution in [2.45, 2.75) is 0 Å². The highest BCUT2D eigenvalue weighted by atomic mass is 16.4. The van der Waals surface area contributed by atoms with E-state index in [1.54, 1.807) is 36.4 Å². The number of rotatable bonds is 1. The maximum atomic E-state index is 9.64. The Bertz CT molecular complexity index is 666. The third kappa shape index (κ3) is 1.61. The number of para-hydroxylation sites is 1. The first kappa shape index (κ1) is 9.78. The number of phenols is 2. The van der Waals surface area contributed by atoms with Crippen LogP contribution in [0.1, 0.15) is 0 Å². The molecule has 0 bridgehead atoms. The Morgan fingerprint density at radius 2 is 1.65 bits per heavy atom. The molecule has 1 aromatic heterocycles. The fourth-order valence-electron chi connectivity index (χ4n) is 1.82. The molecule has 3 nitrogen and oxygen atoms in total. The van der Waals surface area contributed by atoms with E-state index < -0.39 is 0 Å². The Labute approximate surface area is 97.6 Å². The molecule has 0 saturated carbocycles. The first-order valence-corrected chi connectivity index (χ1v) is 5.25. The van der Waals surface area contributed by atoms with Crippen LogP contribution in [0.15, 0.2) is 52.9 Å². The van der Waals surface area contributed by atoms with Crippen LogP contribution in [-0.2, 0) is 0 Å². The van der Waals surface area contributed by atoms with Gasteiger partial charge >= 0.3 is 0 Å². The highest BCUT2D eigenvalue weighted by molar-refractivity contribution is 5.87. The van der Waals surface area contributed by atoms with E-state index in [4.69, 9.17) is 4.42 Å². The highest BCUT2D eigenvalue weighted by Gasteiger charge is 2.08. The summed E-state index contributed by atoms with van der Waals surface area (Å²) in [7, 11) is 0. The highest BCUT2D eigenvalue weighted by Crippen LogP contribution is 2.33. The van der Waals surface area contributed by atoms with Crippen molar-refractivity contribution in [1.82, 2.24) is 0 Å². The van der Waals surface area contributed by atoms with Crippen LogP contribution < -0.4 is 0 Å². The Morgan fingerprint density at radius 3 is 2.35 bits per heavy atom. The molecule has 3 aromatic rings. The molecule has 0 fully saturated rings. The van der Waals surface area contributed by atoms with E-state index in [0.29, 0.717) is 11.3 Å². The molecule has 0 aliphatic rings. The number of fused-ring (bicyclic) bond motifs is 1. The van der Waals surface area contributed by atoms with Gasteiger partial charge in [0.1, 0.15) is 11.5 Å². The van der Waals surface area contributed by atoms with Gasteiger partial charge in [-0.05, 0) is 36.4 Å². The lowest BCUT2D eigenvalue weighted by molar-refractivity contribution is 0.466. The molecule has 17 heavy (non-hydrogen) atoms. The fourth-order valence-corrected chi connectivity index (χ4v) is 1.82. The Morgan fingerprint density at radius 1 is 0.882 bits per heavy atom. The number of hydrogen-bond acceptors (Lipinski definition) is 3. The smallest absolute Gasteiger partial charge is 0.176 e. The summed E-state index contributed by atoms with van der Waals surface area (Å²) in [6.07, 6.45) is 0. The summed E-state index contributed by atoms with van der Waals surface area (Å²) in [5.41, 5.74) is 1.34. The van der Waals surface area contributed by atoms with Crippen LogP contribution in [0.2, 0.25) is 0 Å². The zero-order valence-electron chi connectivity index (χ0n) is 8.92. The second kappa shape index (κ2) is 3.56. The molecule has 0 spiro atoms. The minimum absolute atomic E-state index is 0.132. The number of furan rings is 1. The predicted octanol–water partition coefficient (Wildman–Crippen LogP) is 3.51. The zero-order chi connectivity index (χ0) is 11.8. The molecule has 0 atom stereocenters. The van der Waals surface area contributed by atoms with Crippen LogP contribution >= 0.6 is 0 Å². The van der Waals surface area contributed by atoms with Crippen molar-refractivity contribution in [3.05, 3.63) is 48.5 Å². The monoisotopic (exact) mass is 226 g/mol. The lowest BCUT2D eigenvalue weighted by Crippen LogP contribution is -1.71. The van der Waals surface area contributed by atoms with Crippen molar-refractivity contribution in [2.75, 3.05) is 0 Å². The standard InChI is InChI=1S/C14H10O3/c15-11-6-4-9(5-7-11)13-8-10-2-1-3-12(16)14(10)17-13/h1-8,15-16H. The van der Waals surface area contributed by atoms with Crippen molar-refractivity contribution in [1.29, 1.82) is 0 Å². The summed E-state index contributed by atoms with van der Waals surface area (Å²) < 4.78 is 5.59. The summed E-state index contributed by atoms with van der Waals surface area (Å²) in [5, 5.41) is 19.7. The summed E-state index contributed by atoms with van der Waals surface area (Å²) in [6.45, 7) is 0. The molecule has 0 aliphatic carbocycles. The lowest BCUT2D eigenvalue weighted by atomic mass is 10.1. The van der Waals surface area contributed by atoms with Crippen LogP contribution in [-0.4, -0.2) is 10.2 Å². The topological polar surface area (TPSA) is 53.6 Å². The van der Waals surface area contributed by atoms with Crippen molar-refractivity contribution in [3.8, 4) is 22.8 Å². The third-order valence-electron chi connectivity index (χ3n) is 2.68. The molecule has 84 valence electrons. The molecule has 2 N–H and O–H groups in total. The quantitative estimate of drug-likeness (QED) is 0.667. The fraction of sp³-hybridized carbons (Fsp3) is 0. The second-order valence-corrected chi connectivity index (χ2v) is 3.85. The lowest BCUT2D eigenvalue weighted by Gasteiger charge is -1.96. The molecule has 1 heterocycles. The van der Waals surface area contributed by atoms with Crippen molar-refractivity contribution in [2.24, 2.45) is 0 Å². The van der Waals surface area contributed by atoms with Gasteiger partial charge in [0.15, 0.2) is 11.3 Å². The Kier molecular flexibility index (Phi) is 2.05. The van der Waals surface area contributed by atoms with Gasteiger partial charge in [0.25, 0.3) is 0 Å². The SMILES string of the molecule is Oc1ccc(-c2cc3cccc(O)c3o2)cc1. The van der Waals surface area contributed by atoms with E-state index in [-0.39, 0.29) is 11.5 Å². The summed E-state index contributed by atoms with van der Waals surface area (Å²) in [4.78, 5) is 0. The average Bonchev–Trinajstić information content (AvgIpc) is 2.75. The van der Waals surface area contributed by atoms with Gasteiger partial charge in [0.05, 0.1) is 0 Å². The van der Waals surface area contributed by atoms with Gasteiger partial charge in [-0.25, -0.2) is 0 Å². The van der Waals surface area contributed by atoms with Crippen LogP contribution in [0.3, 0.4) is 0 Å². The first-order chi connectivity index (χ1) is 8.24. The van der Waals surface area contributed by atoms with Gasteiger partial charge in [-0.1, -0.05) is 12.1 Å². The zero-order valence-corrected chi connectivity index (χ0v) is 8.92. The average molecular weight is 226 g/mol. The van der Waals surface area contributed by atoms with Gasteiger partial charge in [-0.2, -0.15) is 0 Å². The van der Waals surface area contributed by atoms with Gasteiger partial charge in [-0.15, -0.1) is 0 Å². The van der Waals surface area contributed by atoms with Crippen LogP contribution in [0.25, 0.3) is 22.3 Å². The van der Waals surface area contributed by atoms with Crippen LogP contribution in [0.5, 0.6) is 11.5 Å². The van der Waals surface area contributed by atoms with Crippen LogP contribution in [0, 0.1) is 0 Å². The molecule has 2 aromatic carbocycles. The predicted molar refractivity (Wildman–Crippen MR) is 65.0 cm³/mol. The van der Waals surface area contributed by atoms with Gasteiger partial charge < -0.3 is 14.6 Å². The van der Waals surface area contributed by atoms with E-state index in [0.717, 1.165) is 10.9 Å². The van der Waals surface area contributed by atoms with E-state index in [1.165, 1.54) is 0 Å². The normalized spacial score (nSPS) is 10.8. The minimum Gasteiger partial charge on any atom is -0.508 e. The molecule has 0 saturated heterocycles. The molecular formula is C14H10O3. The number of phenolic OH excluding ortho intramolecular Hbond substituents is 2. The summed E-state index contributed by atoms with van der Waals surface area (Å²) >= 11 is 0. The van der Waals surface area contributed by atoms with E-state index in [1.807, 2.05) is 12.1 Å². The largest absolute Gasteiger partial charge is 0.508 e. The molecule has 0 amide bonds. The Hall–Kier alpha value is -2.42. The second-order valence-electron chi connectivity index (χ2n) is 3.85. The van der Waals surface area contributed by atoms with E-state index in [2.05, 4.69) is 0 Å². The van der Waals surface area contributed by atoms with Gasteiger partial charge in [-0.3, -0.25) is 0 Å². The van der Waals surface area contributed by atoms with E-state index >= 15 is 0 Å². The first-order valence-electron chi connectivity index (χ1n) is 5.25. The van der Waals surface area contributed by atoms with Crippen molar-refractivity contribution < 1.29 is 14.6 Å². The number of benzene rings is 2. The third-order valence-corrected chi connectivity index (χ3v) is 2.68. The Balaban J connectivity index is 2.18. The van der Waals surface area contributed by atoms with Crippen molar-refractivity contribution in [3.63, 3.8) is 0 Å². The van der Waals surface area contributed by atoms with Gasteiger partial charge in [0, 0.05) is 10.9 Å². The molecule has 3 rings (SSSR count). The van der Waals surface area contributed by atoms with Crippen molar-refractivity contribution >= 4 is 11.0 Å². The molecular weight excluding hydrogens is 216 g/mol. The maximum Gasteiger partial charge on any atom is 0.176 e. The maximum absolute atomic E-state index is 9.64. The van der Waals surface area contributed by atoms with E-state index in [9.17, 15) is 10.2 Å². The minimum atomic E-state index is 0.132. The number of aromatic hydroxyl groups is 2.